The van der Waals surface area contributed by atoms with E-state index in [2.05, 4.69) is 58.9 Å². The highest BCUT2D eigenvalue weighted by Crippen LogP contribution is 2.33. The van der Waals surface area contributed by atoms with Gasteiger partial charge in [-0.15, -0.1) is 0 Å². The second kappa shape index (κ2) is 12.6. The molecule has 0 N–H and O–H groups in total. The van der Waals surface area contributed by atoms with Gasteiger partial charge in [0.15, 0.2) is 0 Å². The first-order chi connectivity index (χ1) is 16.3. The molecule has 5 heteroatoms. The van der Waals surface area contributed by atoms with Gasteiger partial charge in [-0.1, -0.05) is 58.4 Å². The van der Waals surface area contributed by atoms with Crippen molar-refractivity contribution in [2.24, 2.45) is 5.92 Å². The van der Waals surface area contributed by atoms with Crippen LogP contribution in [0.2, 0.25) is 0 Å². The summed E-state index contributed by atoms with van der Waals surface area (Å²) in [7, 11) is 0. The minimum absolute atomic E-state index is 0.0375. The molecule has 5 nitrogen and oxygen atoms in total. The smallest absolute Gasteiger partial charge is 0.119 e. The maximum absolute atomic E-state index is 5.94. The molecule has 0 radical (unpaired) electrons. The van der Waals surface area contributed by atoms with Gasteiger partial charge < -0.3 is 23.7 Å². The largest absolute Gasteiger partial charge is 0.491 e. The molecule has 0 amide bonds. The molecule has 4 atom stereocenters. The fourth-order valence-electron chi connectivity index (χ4n) is 3.51. The van der Waals surface area contributed by atoms with Crippen LogP contribution in [-0.2, 0) is 19.6 Å². The summed E-state index contributed by atoms with van der Waals surface area (Å²) in [5, 5.41) is 0. The number of benzene rings is 2. The van der Waals surface area contributed by atoms with Crippen LogP contribution >= 0.6 is 0 Å². The summed E-state index contributed by atoms with van der Waals surface area (Å²) < 4.78 is 28.6. The lowest BCUT2D eigenvalue weighted by molar-refractivity contribution is 0.0149. The van der Waals surface area contributed by atoms with Crippen LogP contribution in [0, 0.1) is 5.92 Å². The van der Waals surface area contributed by atoms with Gasteiger partial charge in [0, 0.05) is 12.0 Å². The summed E-state index contributed by atoms with van der Waals surface area (Å²) >= 11 is 0. The monoisotopic (exact) mass is 470 g/mol. The van der Waals surface area contributed by atoms with E-state index in [1.165, 1.54) is 11.1 Å². The van der Waals surface area contributed by atoms with Crippen LogP contribution in [0.1, 0.15) is 59.1 Å². The lowest BCUT2D eigenvalue weighted by atomic mass is 9.78. The number of rotatable bonds is 15. The molecule has 188 valence electrons. The Kier molecular flexibility index (Phi) is 9.81. The van der Waals surface area contributed by atoms with E-state index in [4.69, 9.17) is 23.7 Å². The van der Waals surface area contributed by atoms with Gasteiger partial charge in [0.1, 0.15) is 30.8 Å². The Morgan fingerprint density at radius 2 is 1.26 bits per heavy atom. The minimum Gasteiger partial charge on any atom is -0.491 e. The molecule has 2 aromatic rings. The van der Waals surface area contributed by atoms with Crippen molar-refractivity contribution in [3.8, 4) is 11.5 Å². The van der Waals surface area contributed by atoms with E-state index in [9.17, 15) is 0 Å². The molecular formula is C29H42O5. The first-order valence-corrected chi connectivity index (χ1v) is 12.6. The van der Waals surface area contributed by atoms with Gasteiger partial charge >= 0.3 is 0 Å². The van der Waals surface area contributed by atoms with Crippen LogP contribution in [0.3, 0.4) is 0 Å². The molecular weight excluding hydrogens is 428 g/mol. The Morgan fingerprint density at radius 3 is 1.71 bits per heavy atom. The van der Waals surface area contributed by atoms with Gasteiger partial charge in [-0.3, -0.25) is 0 Å². The highest BCUT2D eigenvalue weighted by molar-refractivity contribution is 5.41. The van der Waals surface area contributed by atoms with E-state index in [1.807, 2.05) is 31.2 Å². The summed E-state index contributed by atoms with van der Waals surface area (Å²) in [5.74, 6) is 2.30. The fourth-order valence-corrected chi connectivity index (χ4v) is 3.51. The molecule has 1 aliphatic heterocycles. The molecule has 0 aliphatic carbocycles. The van der Waals surface area contributed by atoms with E-state index in [0.29, 0.717) is 25.7 Å². The van der Waals surface area contributed by atoms with Gasteiger partial charge in [-0.2, -0.15) is 0 Å². The third kappa shape index (κ3) is 8.30. The quantitative estimate of drug-likeness (QED) is 0.298. The molecule has 0 saturated carbocycles. The zero-order chi connectivity index (χ0) is 24.6. The van der Waals surface area contributed by atoms with E-state index in [-0.39, 0.29) is 23.7 Å². The number of ether oxygens (including phenoxy) is 5. The average Bonchev–Trinajstić information content (AvgIpc) is 3.68. The lowest BCUT2D eigenvalue weighted by Gasteiger charge is -2.26. The Hall–Kier alpha value is -2.08. The highest BCUT2D eigenvalue weighted by Gasteiger charge is 2.24. The van der Waals surface area contributed by atoms with Crippen LogP contribution in [-0.4, -0.2) is 51.3 Å². The van der Waals surface area contributed by atoms with Crippen LogP contribution in [0.15, 0.2) is 48.5 Å². The van der Waals surface area contributed by atoms with Crippen molar-refractivity contribution in [2.45, 2.75) is 71.7 Å². The van der Waals surface area contributed by atoms with E-state index >= 15 is 0 Å². The molecule has 1 saturated heterocycles. The van der Waals surface area contributed by atoms with Crippen molar-refractivity contribution in [3.05, 3.63) is 59.7 Å². The molecule has 0 bridgehead atoms. The first kappa shape index (κ1) is 26.5. The van der Waals surface area contributed by atoms with E-state index < -0.39 is 0 Å². The average molecular weight is 471 g/mol. The third-order valence-corrected chi connectivity index (χ3v) is 6.45. The van der Waals surface area contributed by atoms with Crippen molar-refractivity contribution in [3.63, 3.8) is 0 Å². The summed E-state index contributed by atoms with van der Waals surface area (Å²) in [6, 6.07) is 16.7. The van der Waals surface area contributed by atoms with Gasteiger partial charge in [-0.25, -0.2) is 0 Å². The van der Waals surface area contributed by atoms with Crippen molar-refractivity contribution in [1.82, 2.24) is 0 Å². The molecule has 3 rings (SSSR count). The fraction of sp³-hybridized carbons (Fsp3) is 0.586. The Morgan fingerprint density at radius 1 is 0.794 bits per heavy atom. The van der Waals surface area contributed by atoms with Crippen LogP contribution in [0.5, 0.6) is 11.5 Å². The van der Waals surface area contributed by atoms with Gasteiger partial charge in [0.25, 0.3) is 0 Å². The summed E-state index contributed by atoms with van der Waals surface area (Å²) in [6.07, 6.45) is 1.52. The van der Waals surface area contributed by atoms with Crippen molar-refractivity contribution < 1.29 is 23.7 Å². The van der Waals surface area contributed by atoms with Crippen molar-refractivity contribution in [1.29, 1.82) is 0 Å². The second-order valence-electron chi connectivity index (χ2n) is 10.1. The molecule has 4 unspecified atom stereocenters. The van der Waals surface area contributed by atoms with Crippen LogP contribution in [0.25, 0.3) is 0 Å². The van der Waals surface area contributed by atoms with E-state index in [0.717, 1.165) is 31.1 Å². The van der Waals surface area contributed by atoms with Crippen LogP contribution < -0.4 is 9.47 Å². The van der Waals surface area contributed by atoms with Crippen molar-refractivity contribution in [2.75, 3.05) is 33.0 Å². The number of hydrogen-bond acceptors (Lipinski definition) is 5. The van der Waals surface area contributed by atoms with Crippen molar-refractivity contribution >= 4 is 0 Å². The van der Waals surface area contributed by atoms with E-state index in [1.54, 1.807) is 0 Å². The maximum Gasteiger partial charge on any atom is 0.119 e. The Labute approximate surface area is 205 Å². The minimum atomic E-state index is -0.135. The molecule has 1 fully saturated rings. The topological polar surface area (TPSA) is 49.5 Å². The van der Waals surface area contributed by atoms with Gasteiger partial charge in [-0.05, 0) is 55.2 Å². The number of hydrogen-bond donors (Lipinski definition) is 0. The zero-order valence-corrected chi connectivity index (χ0v) is 21.7. The summed E-state index contributed by atoms with van der Waals surface area (Å²) in [4.78, 5) is 0. The molecule has 34 heavy (non-hydrogen) atoms. The zero-order valence-electron chi connectivity index (χ0n) is 21.7. The van der Waals surface area contributed by atoms with Gasteiger partial charge in [0.2, 0.25) is 0 Å². The summed E-state index contributed by atoms with van der Waals surface area (Å²) in [5.41, 5.74) is 2.33. The second-order valence-corrected chi connectivity index (χ2v) is 10.1. The maximum atomic E-state index is 5.94. The molecule has 0 spiro atoms. The molecule has 2 aromatic carbocycles. The lowest BCUT2D eigenvalue weighted by Crippen LogP contribution is -2.21. The Bertz CT molecular complexity index is 842. The highest BCUT2D eigenvalue weighted by atomic mass is 16.6. The molecule has 1 heterocycles. The standard InChI is InChI=1S/C29H42O5/c1-7-21(2)16-30-22(3)17-32-26-12-8-24(9-13-26)29(5,6)25-10-14-27(15-11-25)33-18-23(4)31-19-28-20-34-28/h8-15,21-23,28H,7,16-20H2,1-6H3. The third-order valence-electron chi connectivity index (χ3n) is 6.45. The molecule has 1 aliphatic rings. The predicted molar refractivity (Wildman–Crippen MR) is 136 cm³/mol. The first-order valence-electron chi connectivity index (χ1n) is 12.6. The normalized spacial score (nSPS) is 18.2. The Balaban J connectivity index is 1.48. The summed E-state index contributed by atoms with van der Waals surface area (Å²) in [6.45, 7) is 16.3. The molecule has 0 aromatic heterocycles. The van der Waals surface area contributed by atoms with Crippen LogP contribution in [0.4, 0.5) is 0 Å². The van der Waals surface area contributed by atoms with Gasteiger partial charge in [0.05, 0.1) is 25.4 Å². The SMILES string of the molecule is CCC(C)COC(C)COc1ccc(C(C)(C)c2ccc(OCC(C)OCC3CO3)cc2)cc1. The number of epoxide rings is 1. The predicted octanol–water partition coefficient (Wildman–Crippen LogP) is 6.03.